The maximum absolute atomic E-state index is 11.8. The Hall–Kier alpha value is -3.09. The summed E-state index contributed by atoms with van der Waals surface area (Å²) in [6.45, 7) is -0.116. The third-order valence-electron chi connectivity index (χ3n) is 3.91. The van der Waals surface area contributed by atoms with Gasteiger partial charge in [-0.05, 0) is 43.2 Å². The maximum Gasteiger partial charge on any atom is 0.306 e. The number of carboxylic acids is 1. The summed E-state index contributed by atoms with van der Waals surface area (Å²) in [5.41, 5.74) is 0. The number of ether oxygens (including phenoxy) is 2. The fraction of sp³-hybridized carbons (Fsp3) is 0.278. The Morgan fingerprint density at radius 2 is 1.84 bits per heavy atom. The number of pyridine rings is 1. The van der Waals surface area contributed by atoms with E-state index < -0.39 is 5.97 Å². The van der Waals surface area contributed by atoms with E-state index in [-0.39, 0.29) is 24.5 Å². The Kier molecular flexibility index (Phi) is 5.13. The summed E-state index contributed by atoms with van der Waals surface area (Å²) in [6, 6.07) is 12.2. The number of carboxylic acid groups (broad SMARTS) is 1. The molecule has 1 saturated carbocycles. The maximum atomic E-state index is 11.8. The average Bonchev–Trinajstić information content (AvgIpc) is 2.58. The molecule has 130 valence electrons. The molecule has 7 nitrogen and oxygen atoms in total. The Morgan fingerprint density at radius 3 is 2.48 bits per heavy atom. The molecule has 0 bridgehead atoms. The molecule has 1 aromatic carbocycles. The number of rotatable bonds is 7. The zero-order chi connectivity index (χ0) is 17.6. The lowest BCUT2D eigenvalue weighted by Crippen LogP contribution is -2.48. The van der Waals surface area contributed by atoms with Crippen LogP contribution in [0.4, 0.5) is 0 Å². The van der Waals surface area contributed by atoms with E-state index in [0.29, 0.717) is 30.2 Å². The summed E-state index contributed by atoms with van der Waals surface area (Å²) < 4.78 is 11.0. The van der Waals surface area contributed by atoms with Crippen LogP contribution in [0, 0.1) is 5.92 Å². The van der Waals surface area contributed by atoms with Crippen molar-refractivity contribution in [3.63, 3.8) is 0 Å². The number of aliphatic carboxylic acids is 1. The quantitative estimate of drug-likeness (QED) is 0.801. The van der Waals surface area contributed by atoms with Crippen LogP contribution in [0.1, 0.15) is 12.8 Å². The van der Waals surface area contributed by atoms with Crippen molar-refractivity contribution in [2.45, 2.75) is 18.9 Å². The van der Waals surface area contributed by atoms with E-state index in [1.807, 2.05) is 6.07 Å². The standard InChI is InChI=1S/C18H18N2O5/c21-16(20-13-9-12(10-13)18(22)23)11-24-14-4-6-15(7-5-14)25-17-3-1-2-8-19-17/h1-8,12-13H,9-11H2,(H,20,21)(H,22,23). The molecule has 0 aliphatic heterocycles. The molecule has 1 aliphatic carbocycles. The molecular formula is C18H18N2O5. The molecule has 0 atom stereocenters. The first-order chi connectivity index (χ1) is 12.1. The van der Waals surface area contributed by atoms with Crippen LogP contribution >= 0.6 is 0 Å². The van der Waals surface area contributed by atoms with Crippen molar-refractivity contribution < 1.29 is 24.2 Å². The van der Waals surface area contributed by atoms with Gasteiger partial charge in [0, 0.05) is 18.3 Å². The van der Waals surface area contributed by atoms with Gasteiger partial charge in [0.05, 0.1) is 5.92 Å². The molecule has 2 N–H and O–H groups in total. The van der Waals surface area contributed by atoms with Crippen LogP contribution in [-0.2, 0) is 9.59 Å². The third-order valence-corrected chi connectivity index (χ3v) is 3.91. The first-order valence-corrected chi connectivity index (χ1v) is 7.94. The Morgan fingerprint density at radius 1 is 1.12 bits per heavy atom. The molecule has 1 aromatic heterocycles. The van der Waals surface area contributed by atoms with Gasteiger partial charge in [-0.3, -0.25) is 9.59 Å². The van der Waals surface area contributed by atoms with E-state index >= 15 is 0 Å². The minimum atomic E-state index is -0.810. The van der Waals surface area contributed by atoms with Gasteiger partial charge in [0.25, 0.3) is 5.91 Å². The van der Waals surface area contributed by atoms with Crippen molar-refractivity contribution in [2.75, 3.05) is 6.61 Å². The van der Waals surface area contributed by atoms with Gasteiger partial charge in [-0.2, -0.15) is 0 Å². The number of nitrogens with one attached hydrogen (secondary N) is 1. The number of hydrogen-bond acceptors (Lipinski definition) is 5. The largest absolute Gasteiger partial charge is 0.484 e. The van der Waals surface area contributed by atoms with Crippen LogP contribution < -0.4 is 14.8 Å². The monoisotopic (exact) mass is 342 g/mol. The lowest BCUT2D eigenvalue weighted by atomic mass is 9.80. The average molecular weight is 342 g/mol. The minimum absolute atomic E-state index is 0.0775. The predicted octanol–water partition coefficient (Wildman–Crippen LogP) is 2.23. The van der Waals surface area contributed by atoms with Crippen molar-refractivity contribution in [1.29, 1.82) is 0 Å². The summed E-state index contributed by atoms with van der Waals surface area (Å²) in [4.78, 5) is 26.6. The van der Waals surface area contributed by atoms with Gasteiger partial charge in [-0.1, -0.05) is 6.07 Å². The van der Waals surface area contributed by atoms with Crippen LogP contribution in [0.25, 0.3) is 0 Å². The molecule has 2 aromatic rings. The van der Waals surface area contributed by atoms with Crippen molar-refractivity contribution >= 4 is 11.9 Å². The molecule has 3 rings (SSSR count). The zero-order valence-corrected chi connectivity index (χ0v) is 13.4. The molecule has 0 saturated heterocycles. The van der Waals surface area contributed by atoms with Crippen molar-refractivity contribution in [3.8, 4) is 17.4 Å². The Bertz CT molecular complexity index is 727. The highest BCUT2D eigenvalue weighted by molar-refractivity contribution is 5.78. The van der Waals surface area contributed by atoms with Crippen molar-refractivity contribution in [2.24, 2.45) is 5.92 Å². The van der Waals surface area contributed by atoms with E-state index in [2.05, 4.69) is 10.3 Å². The molecule has 1 aliphatic rings. The summed E-state index contributed by atoms with van der Waals surface area (Å²) in [6.07, 6.45) is 2.59. The fourth-order valence-corrected chi connectivity index (χ4v) is 2.49. The van der Waals surface area contributed by atoms with E-state index in [1.165, 1.54) is 0 Å². The van der Waals surface area contributed by atoms with Gasteiger partial charge >= 0.3 is 5.97 Å². The molecular weight excluding hydrogens is 324 g/mol. The van der Waals surface area contributed by atoms with Gasteiger partial charge in [-0.25, -0.2) is 4.98 Å². The highest BCUT2D eigenvalue weighted by atomic mass is 16.5. The molecule has 0 spiro atoms. The number of benzene rings is 1. The summed E-state index contributed by atoms with van der Waals surface area (Å²) in [5, 5.41) is 11.6. The Balaban J connectivity index is 1.41. The number of carbonyl (C=O) groups is 2. The fourth-order valence-electron chi connectivity index (χ4n) is 2.49. The zero-order valence-electron chi connectivity index (χ0n) is 13.4. The molecule has 1 amide bonds. The second kappa shape index (κ2) is 7.65. The summed E-state index contributed by atoms with van der Waals surface area (Å²) in [5.74, 6) is 0.233. The highest BCUT2D eigenvalue weighted by Crippen LogP contribution is 2.27. The van der Waals surface area contributed by atoms with Crippen LogP contribution in [0.2, 0.25) is 0 Å². The Labute approximate surface area is 144 Å². The van der Waals surface area contributed by atoms with Gasteiger partial charge in [0.1, 0.15) is 11.5 Å². The SMILES string of the molecule is O=C(COc1ccc(Oc2ccccn2)cc1)NC1CC(C(=O)O)C1. The topological polar surface area (TPSA) is 97.8 Å². The predicted molar refractivity (Wildman–Crippen MR) is 88.5 cm³/mol. The number of hydrogen-bond donors (Lipinski definition) is 2. The van der Waals surface area contributed by atoms with E-state index in [1.54, 1.807) is 42.6 Å². The van der Waals surface area contributed by atoms with Gasteiger partial charge in [-0.15, -0.1) is 0 Å². The highest BCUT2D eigenvalue weighted by Gasteiger charge is 2.35. The lowest BCUT2D eigenvalue weighted by molar-refractivity contribution is -0.146. The molecule has 1 heterocycles. The van der Waals surface area contributed by atoms with Crippen LogP contribution in [0.5, 0.6) is 17.4 Å². The second-order valence-corrected chi connectivity index (χ2v) is 5.80. The minimum Gasteiger partial charge on any atom is -0.484 e. The van der Waals surface area contributed by atoms with E-state index in [4.69, 9.17) is 14.6 Å². The van der Waals surface area contributed by atoms with Crippen LogP contribution in [0.15, 0.2) is 48.7 Å². The van der Waals surface area contributed by atoms with Crippen molar-refractivity contribution in [1.82, 2.24) is 10.3 Å². The van der Waals surface area contributed by atoms with E-state index in [9.17, 15) is 9.59 Å². The van der Waals surface area contributed by atoms with Gasteiger partial charge < -0.3 is 19.9 Å². The van der Waals surface area contributed by atoms with E-state index in [0.717, 1.165) is 0 Å². The molecule has 25 heavy (non-hydrogen) atoms. The lowest BCUT2D eigenvalue weighted by Gasteiger charge is -2.32. The number of nitrogens with zero attached hydrogens (tertiary/aromatic N) is 1. The molecule has 7 heteroatoms. The van der Waals surface area contributed by atoms with Crippen LogP contribution in [-0.4, -0.2) is 34.6 Å². The third kappa shape index (κ3) is 4.69. The smallest absolute Gasteiger partial charge is 0.306 e. The van der Waals surface area contributed by atoms with Gasteiger partial charge in [0.15, 0.2) is 6.61 Å². The molecule has 0 radical (unpaired) electrons. The number of aromatic nitrogens is 1. The molecule has 0 unspecified atom stereocenters. The van der Waals surface area contributed by atoms with Gasteiger partial charge in [0.2, 0.25) is 5.88 Å². The summed E-state index contributed by atoms with van der Waals surface area (Å²) in [7, 11) is 0. The van der Waals surface area contributed by atoms with Crippen LogP contribution in [0.3, 0.4) is 0 Å². The van der Waals surface area contributed by atoms with Crippen molar-refractivity contribution in [3.05, 3.63) is 48.7 Å². The molecule has 1 fully saturated rings. The summed E-state index contributed by atoms with van der Waals surface area (Å²) >= 11 is 0. The second-order valence-electron chi connectivity index (χ2n) is 5.80. The first-order valence-electron chi connectivity index (χ1n) is 7.94. The number of carbonyl (C=O) groups excluding carboxylic acids is 1. The first kappa shape index (κ1) is 16.8. The normalized spacial score (nSPS) is 18.7. The number of amides is 1.